The number of amides is 2. The molecule has 0 unspecified atom stereocenters. The molecule has 168 valence electrons. The van der Waals surface area contributed by atoms with Gasteiger partial charge in [-0.15, -0.1) is 0 Å². The molecular weight excluding hydrogens is 430 g/mol. The molecule has 3 N–H and O–H groups in total. The number of benzene rings is 2. The molecule has 0 saturated heterocycles. The molecule has 2 aliphatic carbocycles. The van der Waals surface area contributed by atoms with Gasteiger partial charge in [0.05, 0.1) is 17.7 Å². The molecule has 0 spiro atoms. The molecule has 2 amide bonds. The number of hydrogen-bond acceptors (Lipinski definition) is 5. The average Bonchev–Trinajstić information content (AvgIpc) is 3.70. The number of carbonyl (C=O) groups is 2. The van der Waals surface area contributed by atoms with E-state index in [1.165, 1.54) is 31.4 Å². The van der Waals surface area contributed by atoms with Gasteiger partial charge in [-0.25, -0.2) is 13.1 Å². The number of carbonyl (C=O) groups excluding carboxylic acids is 2. The molecular formula is C23H25N3O5S. The predicted octanol–water partition coefficient (Wildman–Crippen LogP) is 2.68. The highest BCUT2D eigenvalue weighted by Gasteiger charge is 2.28. The summed E-state index contributed by atoms with van der Waals surface area (Å²) in [5, 5.41) is 5.59. The Morgan fingerprint density at radius 1 is 1.00 bits per heavy atom. The van der Waals surface area contributed by atoms with Crippen LogP contribution in [0.25, 0.3) is 6.08 Å². The van der Waals surface area contributed by atoms with Gasteiger partial charge in [0.15, 0.2) is 0 Å². The number of hydrogen-bond donors (Lipinski definition) is 3. The first-order chi connectivity index (χ1) is 15.3. The van der Waals surface area contributed by atoms with Crippen molar-refractivity contribution < 1.29 is 22.7 Å². The summed E-state index contributed by atoms with van der Waals surface area (Å²) >= 11 is 0. The van der Waals surface area contributed by atoms with Gasteiger partial charge in [-0.2, -0.15) is 0 Å². The normalized spacial score (nSPS) is 16.0. The Morgan fingerprint density at radius 3 is 2.31 bits per heavy atom. The van der Waals surface area contributed by atoms with Gasteiger partial charge in [-0.3, -0.25) is 9.59 Å². The van der Waals surface area contributed by atoms with Gasteiger partial charge in [0.2, 0.25) is 15.9 Å². The SMILES string of the molecule is COc1ccc(S(=O)(=O)NC2CC2)cc1NC(=O)/C=C/c1ccc(C(=O)NC2CC2)cc1. The molecule has 0 radical (unpaired) electrons. The third kappa shape index (κ3) is 5.74. The standard InChI is InChI=1S/C23H25N3O5S/c1-31-21-12-11-19(32(29,30)26-18-9-10-18)14-20(21)25-22(27)13-4-15-2-5-16(6-3-15)23(28)24-17-7-8-17/h2-6,11-14,17-18,26H,7-10H2,1H3,(H,24,28)(H,25,27)/b13-4+. The molecule has 0 atom stereocenters. The summed E-state index contributed by atoms with van der Waals surface area (Å²) in [6.07, 6.45) is 6.66. The van der Waals surface area contributed by atoms with E-state index in [0.717, 1.165) is 31.2 Å². The van der Waals surface area contributed by atoms with E-state index in [9.17, 15) is 18.0 Å². The van der Waals surface area contributed by atoms with Crippen LogP contribution in [0.2, 0.25) is 0 Å². The zero-order valence-corrected chi connectivity index (χ0v) is 18.4. The second-order valence-electron chi connectivity index (χ2n) is 7.95. The lowest BCUT2D eigenvalue weighted by Gasteiger charge is -2.12. The fourth-order valence-corrected chi connectivity index (χ4v) is 4.36. The lowest BCUT2D eigenvalue weighted by atomic mass is 10.1. The second kappa shape index (κ2) is 9.13. The average molecular weight is 456 g/mol. The van der Waals surface area contributed by atoms with Crippen molar-refractivity contribution in [3.05, 3.63) is 59.7 Å². The minimum Gasteiger partial charge on any atom is -0.495 e. The van der Waals surface area contributed by atoms with Crippen LogP contribution in [0.3, 0.4) is 0 Å². The Balaban J connectivity index is 1.42. The molecule has 8 nitrogen and oxygen atoms in total. The van der Waals surface area contributed by atoms with E-state index in [1.807, 2.05) is 0 Å². The van der Waals surface area contributed by atoms with Crippen molar-refractivity contribution in [2.75, 3.05) is 12.4 Å². The topological polar surface area (TPSA) is 114 Å². The second-order valence-corrected chi connectivity index (χ2v) is 9.66. The first-order valence-corrected chi connectivity index (χ1v) is 11.9. The monoisotopic (exact) mass is 455 g/mol. The maximum absolute atomic E-state index is 12.5. The van der Waals surface area contributed by atoms with Crippen LogP contribution < -0.4 is 20.1 Å². The van der Waals surface area contributed by atoms with Crippen molar-refractivity contribution in [2.45, 2.75) is 42.7 Å². The summed E-state index contributed by atoms with van der Waals surface area (Å²) in [5.41, 5.74) is 1.58. The van der Waals surface area contributed by atoms with Crippen molar-refractivity contribution >= 4 is 33.6 Å². The molecule has 0 bridgehead atoms. The fraction of sp³-hybridized carbons (Fsp3) is 0.304. The molecule has 0 heterocycles. The molecule has 2 fully saturated rings. The molecule has 9 heteroatoms. The van der Waals surface area contributed by atoms with Crippen LogP contribution in [0.5, 0.6) is 5.75 Å². The van der Waals surface area contributed by atoms with Crippen LogP contribution >= 0.6 is 0 Å². The van der Waals surface area contributed by atoms with Crippen molar-refractivity contribution in [3.8, 4) is 5.75 Å². The van der Waals surface area contributed by atoms with E-state index in [4.69, 9.17) is 4.74 Å². The highest BCUT2D eigenvalue weighted by atomic mass is 32.2. The van der Waals surface area contributed by atoms with E-state index in [-0.39, 0.29) is 22.5 Å². The Morgan fingerprint density at radius 2 is 1.69 bits per heavy atom. The Bertz CT molecular complexity index is 1150. The number of rotatable bonds is 9. The number of anilines is 1. The van der Waals surface area contributed by atoms with Crippen LogP contribution in [0.4, 0.5) is 5.69 Å². The van der Waals surface area contributed by atoms with Crippen LogP contribution in [0.1, 0.15) is 41.6 Å². The molecule has 32 heavy (non-hydrogen) atoms. The minimum absolute atomic E-state index is 0.0192. The maximum Gasteiger partial charge on any atom is 0.251 e. The summed E-state index contributed by atoms with van der Waals surface area (Å²) in [6, 6.07) is 11.5. The van der Waals surface area contributed by atoms with Gasteiger partial charge < -0.3 is 15.4 Å². The van der Waals surface area contributed by atoms with E-state index in [0.29, 0.717) is 17.4 Å². The molecule has 2 aliphatic rings. The third-order valence-electron chi connectivity index (χ3n) is 5.15. The van der Waals surface area contributed by atoms with Crippen molar-refractivity contribution in [2.24, 2.45) is 0 Å². The molecule has 0 aliphatic heterocycles. The summed E-state index contributed by atoms with van der Waals surface area (Å²) in [7, 11) is -2.22. The zero-order chi connectivity index (χ0) is 22.7. The summed E-state index contributed by atoms with van der Waals surface area (Å²) in [5.74, 6) is -0.189. The lowest BCUT2D eigenvalue weighted by Crippen LogP contribution is -2.25. The van der Waals surface area contributed by atoms with Crippen LogP contribution in [0.15, 0.2) is 53.4 Å². The third-order valence-corrected chi connectivity index (χ3v) is 6.67. The highest BCUT2D eigenvalue weighted by molar-refractivity contribution is 7.89. The molecule has 2 aromatic carbocycles. The smallest absolute Gasteiger partial charge is 0.251 e. The largest absolute Gasteiger partial charge is 0.495 e. The summed E-state index contributed by atoms with van der Waals surface area (Å²) in [4.78, 5) is 24.5. The number of ether oxygens (including phenoxy) is 1. The maximum atomic E-state index is 12.5. The van der Waals surface area contributed by atoms with Gasteiger partial charge in [0.1, 0.15) is 5.75 Å². The molecule has 2 aromatic rings. The van der Waals surface area contributed by atoms with Gasteiger partial charge in [-0.05, 0) is 67.7 Å². The van der Waals surface area contributed by atoms with Crippen molar-refractivity contribution in [3.63, 3.8) is 0 Å². The zero-order valence-electron chi connectivity index (χ0n) is 17.6. The Hall–Kier alpha value is -3.17. The first-order valence-electron chi connectivity index (χ1n) is 10.4. The number of methoxy groups -OCH3 is 1. The van der Waals surface area contributed by atoms with E-state index < -0.39 is 15.9 Å². The van der Waals surface area contributed by atoms with Crippen LogP contribution in [0, 0.1) is 0 Å². The molecule has 0 aromatic heterocycles. The van der Waals surface area contributed by atoms with Gasteiger partial charge in [0.25, 0.3) is 5.91 Å². The van der Waals surface area contributed by atoms with Gasteiger partial charge >= 0.3 is 0 Å². The predicted molar refractivity (Wildman–Crippen MR) is 121 cm³/mol. The first kappa shape index (κ1) is 22.0. The fourth-order valence-electron chi connectivity index (χ4n) is 3.03. The minimum atomic E-state index is -3.66. The van der Waals surface area contributed by atoms with E-state index >= 15 is 0 Å². The highest BCUT2D eigenvalue weighted by Crippen LogP contribution is 2.29. The number of sulfonamides is 1. The van der Waals surface area contributed by atoms with Crippen LogP contribution in [-0.4, -0.2) is 39.4 Å². The van der Waals surface area contributed by atoms with Crippen LogP contribution in [-0.2, 0) is 14.8 Å². The summed E-state index contributed by atoms with van der Waals surface area (Å²) in [6.45, 7) is 0. The quantitative estimate of drug-likeness (QED) is 0.503. The van der Waals surface area contributed by atoms with Crippen molar-refractivity contribution in [1.82, 2.24) is 10.0 Å². The van der Waals surface area contributed by atoms with E-state index in [1.54, 1.807) is 30.3 Å². The lowest BCUT2D eigenvalue weighted by molar-refractivity contribution is -0.111. The summed E-state index contributed by atoms with van der Waals surface area (Å²) < 4.78 is 32.8. The number of nitrogens with one attached hydrogen (secondary N) is 3. The van der Waals surface area contributed by atoms with Crippen molar-refractivity contribution in [1.29, 1.82) is 0 Å². The van der Waals surface area contributed by atoms with E-state index in [2.05, 4.69) is 15.4 Å². The molecule has 2 saturated carbocycles. The Kier molecular flexibility index (Phi) is 6.29. The Labute approximate surface area is 187 Å². The van der Waals surface area contributed by atoms with Gasteiger partial charge in [0, 0.05) is 23.7 Å². The van der Waals surface area contributed by atoms with Gasteiger partial charge in [-0.1, -0.05) is 12.1 Å². The molecule has 4 rings (SSSR count).